The number of alkyl halides is 2. The molecule has 0 amide bonds. The van der Waals surface area contributed by atoms with Gasteiger partial charge in [-0.15, -0.1) is 0 Å². The van der Waals surface area contributed by atoms with Crippen molar-refractivity contribution in [2.75, 3.05) is 0 Å². The molecule has 0 nitrogen and oxygen atoms in total. The maximum absolute atomic E-state index is 12.9. The second-order valence-corrected chi connectivity index (χ2v) is 7.94. The Labute approximate surface area is 101 Å². The number of rotatable bonds is 1. The number of halogens is 4. The van der Waals surface area contributed by atoms with Gasteiger partial charge < -0.3 is 0 Å². The van der Waals surface area contributed by atoms with E-state index in [2.05, 4.69) is 47.8 Å². The zero-order valence-electron chi connectivity index (χ0n) is 6.53. The van der Waals surface area contributed by atoms with Crippen molar-refractivity contribution in [2.45, 2.75) is 15.6 Å². The normalized spacial score (nSPS) is 24.5. The predicted octanol–water partition coefficient (Wildman–Crippen LogP) is 4.56. The van der Waals surface area contributed by atoms with Crippen LogP contribution >= 0.6 is 47.8 Å². The SMILES string of the molecule is Fc1ccc(C2CC2(Br)Br)cc1Br. The van der Waals surface area contributed by atoms with E-state index in [4.69, 9.17) is 0 Å². The van der Waals surface area contributed by atoms with Crippen LogP contribution in [0.4, 0.5) is 4.39 Å². The number of hydrogen-bond acceptors (Lipinski definition) is 0. The molecule has 1 saturated carbocycles. The molecule has 1 aliphatic rings. The largest absolute Gasteiger partial charge is 0.206 e. The molecule has 1 aromatic rings. The molecular formula is C9H6Br3F. The summed E-state index contributed by atoms with van der Waals surface area (Å²) in [6, 6.07) is 5.16. The van der Waals surface area contributed by atoms with E-state index in [0.29, 0.717) is 10.4 Å². The lowest BCUT2D eigenvalue weighted by Crippen LogP contribution is -1.89. The molecule has 2 rings (SSSR count). The number of benzene rings is 1. The maximum atomic E-state index is 12.9. The molecule has 0 aromatic heterocycles. The Morgan fingerprint density at radius 3 is 2.46 bits per heavy atom. The fraction of sp³-hybridized carbons (Fsp3) is 0.333. The van der Waals surface area contributed by atoms with Gasteiger partial charge in [-0.2, -0.15) is 0 Å². The van der Waals surface area contributed by atoms with Gasteiger partial charge >= 0.3 is 0 Å². The average molecular weight is 373 g/mol. The summed E-state index contributed by atoms with van der Waals surface area (Å²) >= 11 is 10.3. The first-order valence-electron chi connectivity index (χ1n) is 3.83. The van der Waals surface area contributed by atoms with Crippen LogP contribution in [0, 0.1) is 5.82 Å². The first-order chi connectivity index (χ1) is 6.00. The highest BCUT2D eigenvalue weighted by Crippen LogP contribution is 2.62. The highest BCUT2D eigenvalue weighted by atomic mass is 79.9. The van der Waals surface area contributed by atoms with E-state index in [1.807, 2.05) is 12.1 Å². The van der Waals surface area contributed by atoms with Crippen LogP contribution in [0.3, 0.4) is 0 Å². The van der Waals surface area contributed by atoms with Crippen LogP contribution < -0.4 is 0 Å². The van der Waals surface area contributed by atoms with Crippen molar-refractivity contribution in [2.24, 2.45) is 0 Å². The van der Waals surface area contributed by atoms with Crippen LogP contribution in [0.25, 0.3) is 0 Å². The van der Waals surface area contributed by atoms with Gasteiger partial charge in [-0.1, -0.05) is 37.9 Å². The third-order valence-corrected chi connectivity index (χ3v) is 4.53. The molecule has 13 heavy (non-hydrogen) atoms. The van der Waals surface area contributed by atoms with E-state index in [1.165, 1.54) is 6.07 Å². The van der Waals surface area contributed by atoms with Crippen LogP contribution in [0.1, 0.15) is 17.9 Å². The van der Waals surface area contributed by atoms with Gasteiger partial charge in [0.15, 0.2) is 0 Å². The van der Waals surface area contributed by atoms with Crippen molar-refractivity contribution in [1.82, 2.24) is 0 Å². The highest BCUT2D eigenvalue weighted by molar-refractivity contribution is 9.25. The van der Waals surface area contributed by atoms with Crippen molar-refractivity contribution in [3.8, 4) is 0 Å². The summed E-state index contributed by atoms with van der Waals surface area (Å²) in [7, 11) is 0. The fourth-order valence-electron chi connectivity index (χ4n) is 1.30. The van der Waals surface area contributed by atoms with Gasteiger partial charge in [-0.25, -0.2) is 4.39 Å². The summed E-state index contributed by atoms with van der Waals surface area (Å²) in [6.07, 6.45) is 1.05. The molecule has 0 N–H and O–H groups in total. The Kier molecular flexibility index (Phi) is 2.58. The van der Waals surface area contributed by atoms with Crippen molar-refractivity contribution in [3.63, 3.8) is 0 Å². The van der Waals surface area contributed by atoms with Gasteiger partial charge in [0.25, 0.3) is 0 Å². The quantitative estimate of drug-likeness (QED) is 0.634. The van der Waals surface area contributed by atoms with Crippen molar-refractivity contribution in [1.29, 1.82) is 0 Å². The summed E-state index contributed by atoms with van der Waals surface area (Å²) in [4.78, 5) is 0. The molecular weight excluding hydrogens is 367 g/mol. The lowest BCUT2D eigenvalue weighted by molar-refractivity contribution is 0.620. The molecule has 0 heterocycles. The Balaban J connectivity index is 2.29. The van der Waals surface area contributed by atoms with E-state index in [0.717, 1.165) is 12.0 Å². The molecule has 1 atom stereocenters. The molecule has 1 fully saturated rings. The third kappa shape index (κ3) is 2.00. The summed E-state index contributed by atoms with van der Waals surface area (Å²) in [6.45, 7) is 0. The first kappa shape index (κ1) is 10.1. The monoisotopic (exact) mass is 370 g/mol. The average Bonchev–Trinajstić information content (AvgIpc) is 2.66. The van der Waals surface area contributed by atoms with Gasteiger partial charge in [0.2, 0.25) is 0 Å². The number of hydrogen-bond donors (Lipinski definition) is 0. The lowest BCUT2D eigenvalue weighted by Gasteiger charge is -2.02. The smallest absolute Gasteiger partial charge is 0.137 e. The molecule has 0 aliphatic heterocycles. The standard InChI is InChI=1S/C9H6Br3F/c10-7-3-5(1-2-8(7)13)6-4-9(6,11)12/h1-3,6H,4H2. The molecule has 0 radical (unpaired) electrons. The molecule has 4 heteroatoms. The Morgan fingerprint density at radius 1 is 1.38 bits per heavy atom. The van der Waals surface area contributed by atoms with E-state index < -0.39 is 0 Å². The van der Waals surface area contributed by atoms with E-state index >= 15 is 0 Å². The maximum Gasteiger partial charge on any atom is 0.137 e. The lowest BCUT2D eigenvalue weighted by atomic mass is 10.1. The van der Waals surface area contributed by atoms with Crippen LogP contribution in [0.2, 0.25) is 0 Å². The van der Waals surface area contributed by atoms with Crippen LogP contribution in [-0.4, -0.2) is 3.23 Å². The summed E-state index contributed by atoms with van der Waals surface area (Å²) in [5.41, 5.74) is 1.15. The van der Waals surface area contributed by atoms with Crippen molar-refractivity contribution in [3.05, 3.63) is 34.1 Å². The first-order valence-corrected chi connectivity index (χ1v) is 6.21. The Hall–Kier alpha value is 0.590. The Bertz CT molecular complexity index is 349. The molecule has 1 aromatic carbocycles. The molecule has 0 bridgehead atoms. The summed E-state index contributed by atoms with van der Waals surface area (Å²) in [5, 5.41) is 0. The second kappa shape index (κ2) is 3.31. The van der Waals surface area contributed by atoms with Gasteiger partial charge in [0.1, 0.15) is 5.82 Å². The molecule has 0 spiro atoms. The molecule has 1 aliphatic carbocycles. The third-order valence-electron chi connectivity index (χ3n) is 2.17. The topological polar surface area (TPSA) is 0 Å². The van der Waals surface area contributed by atoms with Gasteiger partial charge in [0, 0.05) is 5.92 Å². The molecule has 70 valence electrons. The fourth-order valence-corrected chi connectivity index (χ4v) is 2.88. The predicted molar refractivity (Wildman–Crippen MR) is 62.0 cm³/mol. The van der Waals surface area contributed by atoms with Gasteiger partial charge in [-0.05, 0) is 40.0 Å². The second-order valence-electron chi connectivity index (χ2n) is 3.19. The van der Waals surface area contributed by atoms with E-state index in [-0.39, 0.29) is 9.05 Å². The molecule has 1 unspecified atom stereocenters. The van der Waals surface area contributed by atoms with Crippen molar-refractivity contribution < 1.29 is 4.39 Å². The minimum Gasteiger partial charge on any atom is -0.206 e. The summed E-state index contributed by atoms with van der Waals surface area (Å²) in [5.74, 6) is 0.239. The minimum absolute atomic E-state index is 0.0390. The zero-order valence-corrected chi connectivity index (χ0v) is 11.3. The Morgan fingerprint density at radius 2 is 2.00 bits per heavy atom. The van der Waals surface area contributed by atoms with Crippen molar-refractivity contribution >= 4 is 47.8 Å². The minimum atomic E-state index is -0.209. The highest BCUT2D eigenvalue weighted by Gasteiger charge is 2.51. The van der Waals surface area contributed by atoms with Gasteiger partial charge in [-0.3, -0.25) is 0 Å². The molecule has 0 saturated heterocycles. The van der Waals surface area contributed by atoms with Crippen LogP contribution in [0.15, 0.2) is 22.7 Å². The summed E-state index contributed by atoms with van der Waals surface area (Å²) < 4.78 is 13.5. The van der Waals surface area contributed by atoms with Crippen LogP contribution in [0.5, 0.6) is 0 Å². The van der Waals surface area contributed by atoms with E-state index in [1.54, 1.807) is 0 Å². The van der Waals surface area contributed by atoms with Crippen LogP contribution in [-0.2, 0) is 0 Å². The van der Waals surface area contributed by atoms with E-state index in [9.17, 15) is 4.39 Å². The zero-order chi connectivity index (χ0) is 9.64. The van der Waals surface area contributed by atoms with Gasteiger partial charge in [0.05, 0.1) is 7.71 Å².